The molecule has 2 aliphatic rings. The van der Waals surface area contributed by atoms with Crippen LogP contribution in [0.1, 0.15) is 48.2 Å². The van der Waals surface area contributed by atoms with E-state index in [1.54, 1.807) is 6.07 Å². The Morgan fingerprint density at radius 1 is 0.974 bits per heavy atom. The van der Waals surface area contributed by atoms with Gasteiger partial charge in [0.05, 0.1) is 28.8 Å². The maximum absolute atomic E-state index is 15.0. The molecule has 0 bridgehead atoms. The van der Waals surface area contributed by atoms with Crippen LogP contribution < -0.4 is 5.32 Å². The second kappa shape index (κ2) is 10.7. The Kier molecular flexibility index (Phi) is 6.96. The maximum Gasteiger partial charge on any atom is 0.127 e. The van der Waals surface area contributed by atoms with Gasteiger partial charge in [0, 0.05) is 18.5 Å². The van der Waals surface area contributed by atoms with Gasteiger partial charge in [0.1, 0.15) is 11.5 Å². The van der Waals surface area contributed by atoms with Crippen LogP contribution in [-0.4, -0.2) is 51.2 Å². The Balaban J connectivity index is 1.24. The molecule has 0 atom stereocenters. The number of aromatic amines is 1. The van der Waals surface area contributed by atoms with E-state index >= 15 is 4.39 Å². The van der Waals surface area contributed by atoms with Crippen molar-refractivity contribution in [2.24, 2.45) is 0 Å². The lowest BCUT2D eigenvalue weighted by molar-refractivity contribution is 0.170. The van der Waals surface area contributed by atoms with Gasteiger partial charge in [0.25, 0.3) is 0 Å². The number of halogens is 1. The number of likely N-dealkylation sites (tertiary alicyclic amines) is 2. The van der Waals surface area contributed by atoms with Gasteiger partial charge in [-0.1, -0.05) is 19.1 Å². The molecular formula is C31H35FN6. The number of nitrogens with one attached hydrogen (secondary N) is 2. The van der Waals surface area contributed by atoms with Crippen molar-refractivity contribution in [2.45, 2.75) is 45.7 Å². The van der Waals surface area contributed by atoms with Crippen molar-refractivity contribution in [2.75, 3.05) is 31.5 Å². The monoisotopic (exact) mass is 510 g/mol. The third kappa shape index (κ3) is 5.22. The highest BCUT2D eigenvalue weighted by Gasteiger charge is 2.17. The van der Waals surface area contributed by atoms with Gasteiger partial charge in [0.2, 0.25) is 0 Å². The summed E-state index contributed by atoms with van der Waals surface area (Å²) >= 11 is 0. The van der Waals surface area contributed by atoms with Gasteiger partial charge < -0.3 is 5.32 Å². The zero-order valence-electron chi connectivity index (χ0n) is 22.1. The van der Waals surface area contributed by atoms with E-state index in [2.05, 4.69) is 55.1 Å². The molecule has 38 heavy (non-hydrogen) atoms. The molecular weight excluding hydrogens is 475 g/mol. The number of aromatic nitrogens is 3. The second-order valence-corrected chi connectivity index (χ2v) is 10.7. The smallest absolute Gasteiger partial charge is 0.127 e. The normalized spacial score (nSPS) is 16.5. The van der Waals surface area contributed by atoms with E-state index in [4.69, 9.17) is 0 Å². The third-order valence-corrected chi connectivity index (χ3v) is 7.87. The van der Waals surface area contributed by atoms with Crippen LogP contribution in [0.4, 0.5) is 10.1 Å². The van der Waals surface area contributed by atoms with E-state index in [9.17, 15) is 0 Å². The lowest BCUT2D eigenvalue weighted by Crippen LogP contribution is -2.36. The second-order valence-electron chi connectivity index (χ2n) is 10.7. The number of benzene rings is 2. The Bertz CT molecular complexity index is 1450. The van der Waals surface area contributed by atoms with E-state index < -0.39 is 0 Å². The van der Waals surface area contributed by atoms with Crippen LogP contribution in [0.5, 0.6) is 0 Å². The minimum Gasteiger partial charge on any atom is -0.353 e. The summed E-state index contributed by atoms with van der Waals surface area (Å²) in [6.07, 6.45) is 6.85. The van der Waals surface area contributed by atoms with Crippen molar-refractivity contribution in [1.82, 2.24) is 25.0 Å². The first-order valence-corrected chi connectivity index (χ1v) is 13.7. The van der Waals surface area contributed by atoms with Gasteiger partial charge in [-0.25, -0.2) is 4.39 Å². The van der Waals surface area contributed by atoms with Crippen molar-refractivity contribution in [3.8, 4) is 11.1 Å². The Labute approximate surface area is 223 Å². The summed E-state index contributed by atoms with van der Waals surface area (Å²) in [5.74, 6) is -0.154. The number of piperidine rings is 1. The molecule has 0 amide bonds. The molecule has 2 saturated heterocycles. The average molecular weight is 511 g/mol. The number of hydrogen-bond acceptors (Lipinski definition) is 5. The summed E-state index contributed by atoms with van der Waals surface area (Å²) in [7, 11) is 0. The highest BCUT2D eigenvalue weighted by Crippen LogP contribution is 2.32. The molecule has 4 heterocycles. The topological polar surface area (TPSA) is 60.1 Å². The van der Waals surface area contributed by atoms with Crippen LogP contribution in [-0.2, 0) is 13.1 Å². The van der Waals surface area contributed by atoms with Crippen molar-refractivity contribution in [1.29, 1.82) is 0 Å². The van der Waals surface area contributed by atoms with Crippen LogP contribution in [0, 0.1) is 12.7 Å². The molecule has 2 N–H and O–H groups in total. The maximum atomic E-state index is 15.0. The highest BCUT2D eigenvalue weighted by atomic mass is 19.1. The number of H-pyrrole nitrogens is 1. The predicted octanol–water partition coefficient (Wildman–Crippen LogP) is 6.35. The fourth-order valence-corrected chi connectivity index (χ4v) is 5.51. The van der Waals surface area contributed by atoms with Crippen molar-refractivity contribution in [3.05, 3.63) is 83.6 Å². The summed E-state index contributed by atoms with van der Waals surface area (Å²) in [6, 6.07) is 14.1. The van der Waals surface area contributed by atoms with E-state index in [1.807, 2.05) is 31.3 Å². The van der Waals surface area contributed by atoms with E-state index in [0.29, 0.717) is 11.3 Å². The van der Waals surface area contributed by atoms with Crippen molar-refractivity contribution < 1.29 is 4.39 Å². The van der Waals surface area contributed by atoms with Gasteiger partial charge in [-0.05, 0) is 111 Å². The Hall–Kier alpha value is -3.55. The number of nitrogens with zero attached hydrogens (tertiary/aromatic N) is 4. The molecule has 196 valence electrons. The molecule has 4 aromatic rings. The molecule has 0 unspecified atom stereocenters. The van der Waals surface area contributed by atoms with Crippen LogP contribution in [0.15, 0.2) is 55.2 Å². The molecule has 6 nitrogen and oxygen atoms in total. The van der Waals surface area contributed by atoms with E-state index in [0.717, 1.165) is 83.9 Å². The minimum atomic E-state index is -0.154. The Morgan fingerprint density at radius 3 is 2.50 bits per heavy atom. The van der Waals surface area contributed by atoms with E-state index in [-0.39, 0.29) is 5.82 Å². The summed E-state index contributed by atoms with van der Waals surface area (Å²) in [5.41, 5.74) is 7.87. The fraction of sp³-hybridized carbons (Fsp3) is 0.355. The predicted molar refractivity (Wildman–Crippen MR) is 152 cm³/mol. The van der Waals surface area contributed by atoms with Gasteiger partial charge >= 0.3 is 0 Å². The molecule has 0 radical (unpaired) electrons. The molecule has 2 aromatic carbocycles. The Morgan fingerprint density at radius 2 is 1.76 bits per heavy atom. The molecule has 2 aliphatic heterocycles. The molecule has 7 heteroatoms. The zero-order chi connectivity index (χ0) is 26.1. The lowest BCUT2D eigenvalue weighted by Gasteiger charge is -2.30. The first-order valence-electron chi connectivity index (χ1n) is 13.7. The van der Waals surface area contributed by atoms with Crippen LogP contribution in [0.2, 0.25) is 0 Å². The van der Waals surface area contributed by atoms with Crippen molar-refractivity contribution >= 4 is 22.3 Å². The number of rotatable bonds is 8. The summed E-state index contributed by atoms with van der Waals surface area (Å²) in [4.78, 5) is 9.42. The molecule has 0 saturated carbocycles. The zero-order valence-corrected chi connectivity index (χ0v) is 22.1. The summed E-state index contributed by atoms with van der Waals surface area (Å²) in [6.45, 7) is 12.3. The average Bonchev–Trinajstić information content (AvgIpc) is 3.33. The number of anilines is 1. The van der Waals surface area contributed by atoms with Gasteiger partial charge in [-0.15, -0.1) is 0 Å². The van der Waals surface area contributed by atoms with Gasteiger partial charge in [0.15, 0.2) is 0 Å². The molecule has 0 spiro atoms. The van der Waals surface area contributed by atoms with Crippen LogP contribution >= 0.6 is 0 Å². The summed E-state index contributed by atoms with van der Waals surface area (Å²) in [5, 5.41) is 12.0. The minimum absolute atomic E-state index is 0.154. The lowest BCUT2D eigenvalue weighted by atomic mass is 9.95. The number of hydrogen-bond donors (Lipinski definition) is 2. The largest absolute Gasteiger partial charge is 0.353 e. The first-order chi connectivity index (χ1) is 18.5. The standard InChI is InChI=1S/C31H35FN6/c1-21-27(15-23(16-29(21)32)19-37-11-4-3-5-12-37)24-7-10-30-28(17-24)31(36-35-30)22(2)34-25-8-9-26(33-18-25)20-38-13-6-14-38/h7-10,15-18,34H,2-6,11-14,19-20H2,1H3,(H,35,36). The molecule has 2 aromatic heterocycles. The third-order valence-electron chi connectivity index (χ3n) is 7.87. The molecule has 6 rings (SSSR count). The number of pyridine rings is 1. The molecule has 2 fully saturated rings. The van der Waals surface area contributed by atoms with Crippen molar-refractivity contribution in [3.63, 3.8) is 0 Å². The number of fused-ring (bicyclic) bond motifs is 1. The fourth-order valence-electron chi connectivity index (χ4n) is 5.51. The van der Waals surface area contributed by atoms with Crippen LogP contribution in [0.3, 0.4) is 0 Å². The van der Waals surface area contributed by atoms with Gasteiger partial charge in [-0.3, -0.25) is 19.9 Å². The SMILES string of the molecule is C=C(Nc1ccc(CN2CCC2)nc1)c1n[nH]c2ccc(-c3cc(CN4CCCCC4)cc(F)c3C)cc12. The highest BCUT2D eigenvalue weighted by molar-refractivity contribution is 5.95. The quantitative estimate of drug-likeness (QED) is 0.289. The van der Waals surface area contributed by atoms with Gasteiger partial charge in [-0.2, -0.15) is 5.10 Å². The molecule has 0 aliphatic carbocycles. The van der Waals surface area contributed by atoms with Crippen LogP contribution in [0.25, 0.3) is 27.7 Å². The summed E-state index contributed by atoms with van der Waals surface area (Å²) < 4.78 is 15.0. The van der Waals surface area contributed by atoms with E-state index in [1.165, 1.54) is 25.7 Å². The first kappa shape index (κ1) is 24.8.